The van der Waals surface area contributed by atoms with Crippen LogP contribution in [0, 0.1) is 5.92 Å². The van der Waals surface area contributed by atoms with E-state index in [2.05, 4.69) is 32.0 Å². The number of benzene rings is 2. The Morgan fingerprint density at radius 3 is 2.40 bits per heavy atom. The molecule has 0 saturated carbocycles. The van der Waals surface area contributed by atoms with E-state index in [-0.39, 0.29) is 18.1 Å². The molecule has 0 aliphatic carbocycles. The van der Waals surface area contributed by atoms with Crippen LogP contribution in [0.25, 0.3) is 22.2 Å². The summed E-state index contributed by atoms with van der Waals surface area (Å²) in [7, 11) is 0. The van der Waals surface area contributed by atoms with Crippen molar-refractivity contribution >= 4 is 34.7 Å². The summed E-state index contributed by atoms with van der Waals surface area (Å²) in [5.41, 5.74) is 11.9. The molecule has 2 aromatic carbocycles. The van der Waals surface area contributed by atoms with Gasteiger partial charge in [0, 0.05) is 17.1 Å². The number of nitrogens with one attached hydrogen (secondary N) is 5. The van der Waals surface area contributed by atoms with Crippen molar-refractivity contribution in [3.05, 3.63) is 90.3 Å². The van der Waals surface area contributed by atoms with Crippen LogP contribution in [0.2, 0.25) is 0 Å². The molecule has 40 heavy (non-hydrogen) atoms. The summed E-state index contributed by atoms with van der Waals surface area (Å²) >= 11 is 0. The van der Waals surface area contributed by atoms with Crippen LogP contribution < -0.4 is 27.0 Å². The average molecular weight is 543 g/mol. The third-order valence-electron chi connectivity index (χ3n) is 6.30. The van der Waals surface area contributed by atoms with E-state index in [1.165, 1.54) is 0 Å². The topological polar surface area (TPSA) is 154 Å². The van der Waals surface area contributed by atoms with Crippen LogP contribution in [0.15, 0.2) is 83.4 Å². The fraction of sp³-hybridized carbons (Fsp3) is 0.207. The monoisotopic (exact) mass is 542 g/mol. The van der Waals surface area contributed by atoms with E-state index in [4.69, 9.17) is 4.42 Å². The number of carbonyl (C=O) groups excluding carboxylic acids is 4. The third kappa shape index (κ3) is 7.22. The minimum atomic E-state index is -0.952. The molecule has 2 heterocycles. The Hall–Kier alpha value is -5.19. The van der Waals surface area contributed by atoms with Crippen LogP contribution in [0.5, 0.6) is 0 Å². The third-order valence-corrected chi connectivity index (χ3v) is 6.30. The first-order valence-electron chi connectivity index (χ1n) is 12.8. The molecule has 5 N–H and O–H groups in total. The van der Waals surface area contributed by atoms with E-state index in [1.807, 2.05) is 55.5 Å². The maximum Gasteiger partial charge on any atom is 0.352 e. The van der Waals surface area contributed by atoms with Gasteiger partial charge in [-0.2, -0.15) is 0 Å². The van der Waals surface area contributed by atoms with E-state index in [0.717, 1.165) is 22.2 Å². The molecule has 0 aliphatic heterocycles. The molecule has 11 heteroatoms. The highest BCUT2D eigenvalue weighted by Gasteiger charge is 2.28. The summed E-state index contributed by atoms with van der Waals surface area (Å²) in [6.07, 6.45) is 2.29. The molecule has 0 aliphatic rings. The van der Waals surface area contributed by atoms with Crippen molar-refractivity contribution in [1.29, 1.82) is 0 Å². The van der Waals surface area contributed by atoms with E-state index in [1.54, 1.807) is 37.4 Å². The number of carbonyl (C=O) groups is 4. The number of amides is 5. The molecular formula is C29H30N6O5. The molecule has 2 atom stereocenters. The Kier molecular flexibility index (Phi) is 9.08. The van der Waals surface area contributed by atoms with Gasteiger partial charge in [0.2, 0.25) is 5.91 Å². The highest BCUT2D eigenvalue weighted by Crippen LogP contribution is 2.20. The summed E-state index contributed by atoms with van der Waals surface area (Å²) in [6.45, 7) is 3.67. The van der Waals surface area contributed by atoms with Crippen molar-refractivity contribution in [1.82, 2.24) is 32.0 Å². The highest BCUT2D eigenvalue weighted by molar-refractivity contribution is 5.99. The van der Waals surface area contributed by atoms with Gasteiger partial charge in [-0.05, 0) is 41.8 Å². The summed E-state index contributed by atoms with van der Waals surface area (Å²) in [5, 5.41) is 3.43. The Morgan fingerprint density at radius 2 is 1.65 bits per heavy atom. The van der Waals surface area contributed by atoms with Gasteiger partial charge in [0.1, 0.15) is 11.6 Å². The fourth-order valence-corrected chi connectivity index (χ4v) is 3.97. The predicted molar refractivity (Wildman–Crippen MR) is 148 cm³/mol. The van der Waals surface area contributed by atoms with E-state index < -0.39 is 29.8 Å². The molecule has 0 bridgehead atoms. The van der Waals surface area contributed by atoms with Crippen LogP contribution in [0.4, 0.5) is 4.79 Å². The second-order valence-electron chi connectivity index (χ2n) is 9.19. The standard InChI is InChI=1S/C29H30N6O5/c1-3-18(2)26(31-27(37)24-17-21-10-4-5-13-23(21)40-24)28(38)33-35-29(39)34-32-25(36)16-19-9-8-11-20(15-19)22-12-6-7-14-30-22/h4-15,17-18,26H,3,16H2,1-2H3,(H,31,37)(H,32,36)(H,33,38)(H2,34,35,39). The Balaban J connectivity index is 1.26. The Labute approximate surface area is 230 Å². The first kappa shape index (κ1) is 27.8. The molecule has 11 nitrogen and oxygen atoms in total. The van der Waals surface area contributed by atoms with Gasteiger partial charge in [0.05, 0.1) is 12.1 Å². The molecule has 0 spiro atoms. The van der Waals surface area contributed by atoms with Gasteiger partial charge in [-0.15, -0.1) is 0 Å². The minimum Gasteiger partial charge on any atom is -0.451 e. The van der Waals surface area contributed by atoms with Crippen LogP contribution in [0.3, 0.4) is 0 Å². The first-order chi connectivity index (χ1) is 19.3. The zero-order valence-electron chi connectivity index (χ0n) is 22.1. The van der Waals surface area contributed by atoms with Crippen molar-refractivity contribution in [3.63, 3.8) is 0 Å². The number of nitrogens with zero attached hydrogens (tertiary/aromatic N) is 1. The molecule has 5 amide bonds. The van der Waals surface area contributed by atoms with Crippen LogP contribution >= 0.6 is 0 Å². The van der Waals surface area contributed by atoms with Gasteiger partial charge in [-0.3, -0.25) is 30.2 Å². The van der Waals surface area contributed by atoms with E-state index in [0.29, 0.717) is 12.0 Å². The molecule has 0 saturated heterocycles. The number of aromatic nitrogens is 1. The maximum absolute atomic E-state index is 12.8. The average Bonchev–Trinajstić information content (AvgIpc) is 3.42. The minimum absolute atomic E-state index is 0.0111. The van der Waals surface area contributed by atoms with Gasteiger partial charge in [-0.1, -0.05) is 62.7 Å². The molecule has 4 aromatic rings. The highest BCUT2D eigenvalue weighted by atomic mass is 16.3. The molecule has 2 aromatic heterocycles. The van der Waals surface area contributed by atoms with Crippen LogP contribution in [0.1, 0.15) is 36.4 Å². The van der Waals surface area contributed by atoms with Gasteiger partial charge in [-0.25, -0.2) is 15.6 Å². The molecule has 2 unspecified atom stereocenters. The van der Waals surface area contributed by atoms with Gasteiger partial charge in [0.15, 0.2) is 5.76 Å². The van der Waals surface area contributed by atoms with Gasteiger partial charge < -0.3 is 9.73 Å². The summed E-state index contributed by atoms with van der Waals surface area (Å²) in [6, 6.07) is 19.9. The second-order valence-corrected chi connectivity index (χ2v) is 9.19. The number of rotatable bonds is 8. The lowest BCUT2D eigenvalue weighted by atomic mass is 9.98. The van der Waals surface area contributed by atoms with Crippen molar-refractivity contribution in [2.45, 2.75) is 32.7 Å². The number of pyridine rings is 1. The number of furan rings is 1. The largest absolute Gasteiger partial charge is 0.451 e. The summed E-state index contributed by atoms with van der Waals surface area (Å²) in [5.74, 6) is -1.83. The fourth-order valence-electron chi connectivity index (χ4n) is 3.97. The number of hydrogen-bond donors (Lipinski definition) is 5. The lowest BCUT2D eigenvalue weighted by Gasteiger charge is -2.23. The zero-order valence-corrected chi connectivity index (χ0v) is 22.1. The van der Waals surface area contributed by atoms with Crippen molar-refractivity contribution in [3.8, 4) is 11.3 Å². The maximum atomic E-state index is 12.8. The van der Waals surface area contributed by atoms with Crippen molar-refractivity contribution < 1.29 is 23.6 Å². The summed E-state index contributed by atoms with van der Waals surface area (Å²) in [4.78, 5) is 54.4. The number of fused-ring (bicyclic) bond motifs is 1. The Morgan fingerprint density at radius 1 is 0.875 bits per heavy atom. The first-order valence-corrected chi connectivity index (χ1v) is 12.8. The van der Waals surface area contributed by atoms with Crippen LogP contribution in [-0.2, 0) is 16.0 Å². The lowest BCUT2D eigenvalue weighted by Crippen LogP contribution is -2.58. The zero-order chi connectivity index (χ0) is 28.5. The molecule has 4 rings (SSSR count). The van der Waals surface area contributed by atoms with Gasteiger partial charge in [0.25, 0.3) is 11.8 Å². The molecular weight excluding hydrogens is 512 g/mol. The smallest absolute Gasteiger partial charge is 0.352 e. The van der Waals surface area contributed by atoms with E-state index in [9.17, 15) is 19.2 Å². The molecule has 0 fully saturated rings. The number of hydrogen-bond acceptors (Lipinski definition) is 6. The second kappa shape index (κ2) is 13.1. The predicted octanol–water partition coefficient (Wildman–Crippen LogP) is 3.24. The number of hydrazine groups is 2. The number of para-hydroxylation sites is 1. The van der Waals surface area contributed by atoms with Crippen molar-refractivity contribution in [2.24, 2.45) is 5.92 Å². The SMILES string of the molecule is CCC(C)C(NC(=O)c1cc2ccccc2o1)C(=O)NNC(=O)NNC(=O)Cc1cccc(-c2ccccn2)c1. The number of urea groups is 1. The normalized spacial score (nSPS) is 12.2. The molecule has 0 radical (unpaired) electrons. The van der Waals surface area contributed by atoms with Crippen molar-refractivity contribution in [2.75, 3.05) is 0 Å². The molecule has 206 valence electrons. The quantitative estimate of drug-likeness (QED) is 0.215. The van der Waals surface area contributed by atoms with Crippen LogP contribution in [-0.4, -0.2) is 34.8 Å². The van der Waals surface area contributed by atoms with E-state index >= 15 is 0 Å². The van der Waals surface area contributed by atoms with Gasteiger partial charge >= 0.3 is 6.03 Å². The summed E-state index contributed by atoms with van der Waals surface area (Å²) < 4.78 is 5.58. The lowest BCUT2D eigenvalue weighted by molar-refractivity contribution is -0.124. The Bertz CT molecular complexity index is 1470.